The molecule has 1 aliphatic carbocycles. The normalized spacial score (nSPS) is 24.0. The standard InChI is InChI=1S/C24H30N2O6/c1-24(2,3)31-23(30)25-13-11-15(12-14-25)16-9-6-10-19(16)22(29)32-26-20(27)17-7-4-5-8-18(17)21(26)28/h4-5,7-8,15-16,19H,6,9-14H2,1-3H3. The van der Waals surface area contributed by atoms with Crippen LogP contribution >= 0.6 is 0 Å². The van der Waals surface area contributed by atoms with Crippen molar-refractivity contribution in [3.05, 3.63) is 35.4 Å². The van der Waals surface area contributed by atoms with Crippen LogP contribution < -0.4 is 0 Å². The third-order valence-electron chi connectivity index (χ3n) is 6.61. The molecular weight excluding hydrogens is 412 g/mol. The van der Waals surface area contributed by atoms with Gasteiger partial charge in [-0.1, -0.05) is 23.6 Å². The number of piperidine rings is 1. The third-order valence-corrected chi connectivity index (χ3v) is 6.61. The van der Waals surface area contributed by atoms with Gasteiger partial charge < -0.3 is 14.5 Å². The van der Waals surface area contributed by atoms with Crippen LogP contribution in [0.15, 0.2) is 24.3 Å². The van der Waals surface area contributed by atoms with Crippen LogP contribution in [0.4, 0.5) is 4.79 Å². The summed E-state index contributed by atoms with van der Waals surface area (Å²) in [6, 6.07) is 6.46. The summed E-state index contributed by atoms with van der Waals surface area (Å²) in [4.78, 5) is 57.4. The van der Waals surface area contributed by atoms with Crippen LogP contribution in [-0.4, -0.2) is 52.5 Å². The number of fused-ring (bicyclic) bond motifs is 1. The average Bonchev–Trinajstić information content (AvgIpc) is 3.33. The van der Waals surface area contributed by atoms with Crippen molar-refractivity contribution in [1.82, 2.24) is 9.96 Å². The lowest BCUT2D eigenvalue weighted by molar-refractivity contribution is -0.176. The highest BCUT2D eigenvalue weighted by Crippen LogP contribution is 2.42. The van der Waals surface area contributed by atoms with Crippen molar-refractivity contribution >= 4 is 23.9 Å². The molecular formula is C24H30N2O6. The van der Waals surface area contributed by atoms with E-state index in [1.54, 1.807) is 29.2 Å². The van der Waals surface area contributed by atoms with Crippen molar-refractivity contribution in [1.29, 1.82) is 0 Å². The number of hydrogen-bond acceptors (Lipinski definition) is 6. The van der Waals surface area contributed by atoms with Gasteiger partial charge in [-0.25, -0.2) is 9.59 Å². The molecule has 1 saturated carbocycles. The number of imide groups is 1. The molecule has 0 radical (unpaired) electrons. The van der Waals surface area contributed by atoms with E-state index >= 15 is 0 Å². The second kappa shape index (κ2) is 8.56. The number of benzene rings is 1. The highest BCUT2D eigenvalue weighted by atomic mass is 16.7. The fourth-order valence-corrected chi connectivity index (χ4v) is 5.09. The average molecular weight is 443 g/mol. The van der Waals surface area contributed by atoms with Crippen LogP contribution in [0.25, 0.3) is 0 Å². The van der Waals surface area contributed by atoms with Gasteiger partial charge in [-0.05, 0) is 70.4 Å². The first-order valence-corrected chi connectivity index (χ1v) is 11.3. The number of likely N-dealkylation sites (tertiary alicyclic amines) is 1. The Hall–Kier alpha value is -2.90. The lowest BCUT2D eigenvalue weighted by Gasteiger charge is -2.37. The lowest BCUT2D eigenvalue weighted by Crippen LogP contribution is -2.44. The molecule has 4 rings (SSSR count). The number of rotatable bonds is 3. The topological polar surface area (TPSA) is 93.2 Å². The minimum Gasteiger partial charge on any atom is -0.444 e. The summed E-state index contributed by atoms with van der Waals surface area (Å²) in [5.41, 5.74) is -0.0243. The van der Waals surface area contributed by atoms with E-state index in [1.165, 1.54) is 0 Å². The Labute approximate surface area is 187 Å². The molecule has 3 amide bonds. The van der Waals surface area contributed by atoms with Gasteiger partial charge >= 0.3 is 12.1 Å². The fourth-order valence-electron chi connectivity index (χ4n) is 5.09. The van der Waals surface area contributed by atoms with Gasteiger partial charge in [-0.2, -0.15) is 0 Å². The Bertz CT molecular complexity index is 894. The quantitative estimate of drug-likeness (QED) is 0.661. The van der Waals surface area contributed by atoms with E-state index < -0.39 is 23.4 Å². The molecule has 2 unspecified atom stereocenters. The number of amides is 3. The molecule has 1 saturated heterocycles. The highest BCUT2D eigenvalue weighted by molar-refractivity contribution is 6.20. The number of nitrogens with zero attached hydrogens (tertiary/aromatic N) is 2. The SMILES string of the molecule is CC(C)(C)OC(=O)N1CCC(C2CCCC2C(=O)ON2C(=O)c3ccccc3C2=O)CC1. The summed E-state index contributed by atoms with van der Waals surface area (Å²) in [6.45, 7) is 6.73. The minimum atomic E-state index is -0.598. The maximum Gasteiger partial charge on any atom is 0.410 e. The van der Waals surface area contributed by atoms with Gasteiger partial charge in [0, 0.05) is 13.1 Å². The van der Waals surface area contributed by atoms with Crippen molar-refractivity contribution < 1.29 is 28.8 Å². The first-order valence-electron chi connectivity index (χ1n) is 11.3. The molecule has 32 heavy (non-hydrogen) atoms. The van der Waals surface area contributed by atoms with E-state index in [4.69, 9.17) is 9.57 Å². The monoisotopic (exact) mass is 442 g/mol. The minimum absolute atomic E-state index is 0.124. The molecule has 3 aliphatic rings. The van der Waals surface area contributed by atoms with Gasteiger partial charge in [0.25, 0.3) is 11.8 Å². The maximum absolute atomic E-state index is 13.0. The van der Waals surface area contributed by atoms with Crippen molar-refractivity contribution in [2.24, 2.45) is 17.8 Å². The van der Waals surface area contributed by atoms with E-state index in [9.17, 15) is 19.2 Å². The number of carbonyl (C=O) groups is 4. The zero-order valence-electron chi connectivity index (χ0n) is 18.8. The summed E-state index contributed by atoms with van der Waals surface area (Å²) in [6.07, 6.45) is 3.77. The summed E-state index contributed by atoms with van der Waals surface area (Å²) < 4.78 is 5.46. The molecule has 2 heterocycles. The number of hydrogen-bond donors (Lipinski definition) is 0. The van der Waals surface area contributed by atoms with Gasteiger partial charge in [-0.3, -0.25) is 9.59 Å². The molecule has 0 spiro atoms. The Morgan fingerprint density at radius 3 is 2.09 bits per heavy atom. The highest BCUT2D eigenvalue weighted by Gasteiger charge is 2.44. The van der Waals surface area contributed by atoms with Crippen LogP contribution in [0.5, 0.6) is 0 Å². The van der Waals surface area contributed by atoms with Gasteiger partial charge in [-0.15, -0.1) is 0 Å². The predicted molar refractivity (Wildman–Crippen MR) is 114 cm³/mol. The van der Waals surface area contributed by atoms with E-state index in [0.717, 1.165) is 25.7 Å². The fraction of sp³-hybridized carbons (Fsp3) is 0.583. The third kappa shape index (κ3) is 4.36. The smallest absolute Gasteiger partial charge is 0.410 e. The molecule has 0 aromatic heterocycles. The summed E-state index contributed by atoms with van der Waals surface area (Å²) in [5.74, 6) is -1.65. The Balaban J connectivity index is 1.35. The molecule has 172 valence electrons. The van der Waals surface area contributed by atoms with Crippen LogP contribution in [0.2, 0.25) is 0 Å². The van der Waals surface area contributed by atoms with Crippen LogP contribution in [0, 0.1) is 17.8 Å². The molecule has 1 aromatic carbocycles. The number of carbonyl (C=O) groups excluding carboxylic acids is 4. The lowest BCUT2D eigenvalue weighted by atomic mass is 9.78. The van der Waals surface area contributed by atoms with Gasteiger partial charge in [0.15, 0.2) is 0 Å². The van der Waals surface area contributed by atoms with Gasteiger partial charge in [0.1, 0.15) is 5.60 Å². The zero-order valence-corrected chi connectivity index (χ0v) is 18.8. The molecule has 0 bridgehead atoms. The van der Waals surface area contributed by atoms with Crippen LogP contribution in [0.1, 0.15) is 73.6 Å². The van der Waals surface area contributed by atoms with Crippen molar-refractivity contribution in [2.45, 2.75) is 58.5 Å². The Morgan fingerprint density at radius 1 is 0.938 bits per heavy atom. The largest absolute Gasteiger partial charge is 0.444 e. The van der Waals surface area contributed by atoms with Crippen molar-refractivity contribution in [2.75, 3.05) is 13.1 Å². The number of hydroxylamine groups is 2. The van der Waals surface area contributed by atoms with Gasteiger partial charge in [0.05, 0.1) is 17.0 Å². The molecule has 8 nitrogen and oxygen atoms in total. The van der Waals surface area contributed by atoms with Crippen molar-refractivity contribution in [3.63, 3.8) is 0 Å². The zero-order chi connectivity index (χ0) is 23.0. The van der Waals surface area contributed by atoms with Crippen LogP contribution in [-0.2, 0) is 14.4 Å². The molecule has 2 fully saturated rings. The molecule has 0 N–H and O–H groups in total. The van der Waals surface area contributed by atoms with Crippen molar-refractivity contribution in [3.8, 4) is 0 Å². The second-order valence-corrected chi connectivity index (χ2v) is 9.87. The number of ether oxygens (including phenoxy) is 1. The van der Waals surface area contributed by atoms with Crippen LogP contribution in [0.3, 0.4) is 0 Å². The Morgan fingerprint density at radius 2 is 1.53 bits per heavy atom. The molecule has 8 heteroatoms. The predicted octanol–water partition coefficient (Wildman–Crippen LogP) is 3.80. The van der Waals surface area contributed by atoms with E-state index in [1.807, 2.05) is 20.8 Å². The second-order valence-electron chi connectivity index (χ2n) is 9.87. The summed E-state index contributed by atoms with van der Waals surface area (Å²) >= 11 is 0. The van der Waals surface area contributed by atoms with E-state index in [-0.39, 0.29) is 35.0 Å². The molecule has 2 aliphatic heterocycles. The molecule has 2 atom stereocenters. The van der Waals surface area contributed by atoms with Gasteiger partial charge in [0.2, 0.25) is 0 Å². The first kappa shape index (κ1) is 22.3. The Kier molecular flexibility index (Phi) is 5.97. The summed E-state index contributed by atoms with van der Waals surface area (Å²) in [5, 5.41) is 0.605. The molecule has 1 aromatic rings. The summed E-state index contributed by atoms with van der Waals surface area (Å²) in [7, 11) is 0. The van der Waals surface area contributed by atoms with E-state index in [2.05, 4.69) is 0 Å². The van der Waals surface area contributed by atoms with E-state index in [0.29, 0.717) is 24.6 Å². The first-order chi connectivity index (χ1) is 15.2. The maximum atomic E-state index is 13.0.